The van der Waals surface area contributed by atoms with Gasteiger partial charge in [-0.2, -0.15) is 0 Å². The first kappa shape index (κ1) is 15.0. The first-order chi connectivity index (χ1) is 11.1. The molecule has 1 aromatic rings. The summed E-state index contributed by atoms with van der Waals surface area (Å²) in [6, 6.07) is 7.57. The van der Waals surface area contributed by atoms with E-state index in [0.717, 1.165) is 17.0 Å². The predicted molar refractivity (Wildman–Crippen MR) is 86.7 cm³/mol. The zero-order chi connectivity index (χ0) is 16.4. The van der Waals surface area contributed by atoms with E-state index in [0.29, 0.717) is 5.70 Å². The fraction of sp³-hybridized carbons (Fsp3) is 0.235. The van der Waals surface area contributed by atoms with Gasteiger partial charge in [0.05, 0.1) is 12.8 Å². The average molecular weight is 313 g/mol. The standard InChI is InChI=1S/C17H19N3O3/c1-19(2)8-7-14(21)16-15(18-17-20(16)9-10-23-17)12-5-4-6-13(11-12)22-3/h4-11,17-18H,1-3H3/b8-7+. The van der Waals surface area contributed by atoms with Gasteiger partial charge < -0.3 is 19.7 Å². The molecule has 23 heavy (non-hydrogen) atoms. The lowest BCUT2D eigenvalue weighted by atomic mass is 10.1. The van der Waals surface area contributed by atoms with Crippen LogP contribution in [0.2, 0.25) is 0 Å². The molecule has 1 aromatic carbocycles. The largest absolute Gasteiger partial charge is 0.497 e. The van der Waals surface area contributed by atoms with Crippen molar-refractivity contribution in [1.29, 1.82) is 0 Å². The Morgan fingerprint density at radius 3 is 3.00 bits per heavy atom. The van der Waals surface area contributed by atoms with Crippen molar-refractivity contribution in [3.05, 3.63) is 60.3 Å². The maximum atomic E-state index is 12.7. The Bertz CT molecular complexity index is 707. The average Bonchev–Trinajstić information content (AvgIpc) is 3.13. The number of nitrogens with zero attached hydrogens (tertiary/aromatic N) is 2. The molecule has 0 saturated heterocycles. The van der Waals surface area contributed by atoms with E-state index in [2.05, 4.69) is 5.32 Å². The van der Waals surface area contributed by atoms with Crippen molar-refractivity contribution in [2.24, 2.45) is 0 Å². The minimum Gasteiger partial charge on any atom is -0.497 e. The molecule has 6 nitrogen and oxygen atoms in total. The normalized spacial score (nSPS) is 18.9. The Labute approximate surface area is 135 Å². The van der Waals surface area contributed by atoms with E-state index >= 15 is 0 Å². The number of allylic oxidation sites excluding steroid dienone is 1. The molecule has 0 spiro atoms. The zero-order valence-corrected chi connectivity index (χ0v) is 13.3. The van der Waals surface area contributed by atoms with Crippen LogP contribution in [0.5, 0.6) is 5.75 Å². The summed E-state index contributed by atoms with van der Waals surface area (Å²) < 4.78 is 10.7. The molecular formula is C17H19N3O3. The van der Waals surface area contributed by atoms with Crippen LogP contribution in [0.25, 0.3) is 5.70 Å². The highest BCUT2D eigenvalue weighted by molar-refractivity contribution is 6.09. The van der Waals surface area contributed by atoms with Crippen LogP contribution in [0.4, 0.5) is 0 Å². The Balaban J connectivity index is 2.03. The molecule has 2 aliphatic heterocycles. The summed E-state index contributed by atoms with van der Waals surface area (Å²) in [6.07, 6.45) is 6.21. The van der Waals surface area contributed by atoms with E-state index in [4.69, 9.17) is 9.47 Å². The van der Waals surface area contributed by atoms with Gasteiger partial charge in [0.25, 0.3) is 6.35 Å². The van der Waals surface area contributed by atoms with Gasteiger partial charge in [-0.1, -0.05) is 12.1 Å². The number of methoxy groups -OCH3 is 1. The Kier molecular flexibility index (Phi) is 3.97. The van der Waals surface area contributed by atoms with E-state index in [9.17, 15) is 4.79 Å². The van der Waals surface area contributed by atoms with Crippen LogP contribution in [-0.4, -0.2) is 43.1 Å². The van der Waals surface area contributed by atoms with Gasteiger partial charge in [-0.15, -0.1) is 0 Å². The molecular weight excluding hydrogens is 294 g/mol. The summed E-state index contributed by atoms with van der Waals surface area (Å²) in [6.45, 7) is 0. The van der Waals surface area contributed by atoms with Crippen LogP contribution < -0.4 is 10.1 Å². The smallest absolute Gasteiger partial charge is 0.254 e. The number of fused-ring (bicyclic) bond motifs is 1. The van der Waals surface area contributed by atoms with Crippen LogP contribution >= 0.6 is 0 Å². The van der Waals surface area contributed by atoms with Gasteiger partial charge in [-0.05, 0) is 12.1 Å². The Morgan fingerprint density at radius 1 is 1.43 bits per heavy atom. The fourth-order valence-corrected chi connectivity index (χ4v) is 2.48. The molecule has 1 unspecified atom stereocenters. The van der Waals surface area contributed by atoms with Crippen molar-refractivity contribution in [2.75, 3.05) is 21.2 Å². The van der Waals surface area contributed by atoms with Gasteiger partial charge in [0.2, 0.25) is 5.78 Å². The number of hydrogen-bond donors (Lipinski definition) is 1. The quantitative estimate of drug-likeness (QED) is 0.835. The third-order valence-corrected chi connectivity index (χ3v) is 3.56. The maximum absolute atomic E-state index is 12.7. The summed E-state index contributed by atoms with van der Waals surface area (Å²) in [4.78, 5) is 16.3. The molecule has 0 aromatic heterocycles. The van der Waals surface area contributed by atoms with E-state index in [1.165, 1.54) is 0 Å². The molecule has 2 heterocycles. The van der Waals surface area contributed by atoms with Crippen LogP contribution in [0.15, 0.2) is 54.7 Å². The fourth-order valence-electron chi connectivity index (χ4n) is 2.48. The molecule has 3 rings (SSSR count). The maximum Gasteiger partial charge on any atom is 0.254 e. The van der Waals surface area contributed by atoms with Crippen molar-refractivity contribution in [3.63, 3.8) is 0 Å². The Morgan fingerprint density at radius 2 is 2.26 bits per heavy atom. The van der Waals surface area contributed by atoms with E-state index < -0.39 is 0 Å². The highest BCUT2D eigenvalue weighted by Crippen LogP contribution is 2.33. The van der Waals surface area contributed by atoms with Crippen LogP contribution in [0.1, 0.15) is 5.56 Å². The second-order valence-electron chi connectivity index (χ2n) is 5.42. The van der Waals surface area contributed by atoms with Gasteiger partial charge in [0, 0.05) is 38.1 Å². The predicted octanol–water partition coefficient (Wildman–Crippen LogP) is 1.70. The summed E-state index contributed by atoms with van der Waals surface area (Å²) in [5.74, 6) is 0.637. The number of carbonyl (C=O) groups excluding carboxylic acids is 1. The van der Waals surface area contributed by atoms with Crippen molar-refractivity contribution in [1.82, 2.24) is 15.1 Å². The molecule has 0 fully saturated rings. The van der Waals surface area contributed by atoms with Gasteiger partial charge in [0.15, 0.2) is 0 Å². The number of benzene rings is 1. The van der Waals surface area contributed by atoms with E-state index in [-0.39, 0.29) is 12.1 Å². The number of hydrogen-bond acceptors (Lipinski definition) is 6. The van der Waals surface area contributed by atoms with Gasteiger partial charge in [-0.25, -0.2) is 0 Å². The van der Waals surface area contributed by atoms with Crippen molar-refractivity contribution in [3.8, 4) is 5.75 Å². The minimum absolute atomic E-state index is 0.0957. The molecule has 0 saturated carbocycles. The van der Waals surface area contributed by atoms with Gasteiger partial charge in [-0.3, -0.25) is 9.69 Å². The third kappa shape index (κ3) is 2.88. The summed E-state index contributed by atoms with van der Waals surface area (Å²) >= 11 is 0. The van der Waals surface area contributed by atoms with Gasteiger partial charge in [0.1, 0.15) is 17.7 Å². The summed E-state index contributed by atoms with van der Waals surface area (Å²) in [5.41, 5.74) is 2.15. The third-order valence-electron chi connectivity index (χ3n) is 3.56. The lowest BCUT2D eigenvalue weighted by Gasteiger charge is -2.16. The number of rotatable bonds is 5. The highest BCUT2D eigenvalue weighted by atomic mass is 16.5. The topological polar surface area (TPSA) is 54.0 Å². The second kappa shape index (κ2) is 6.08. The molecule has 120 valence electrons. The molecule has 0 bridgehead atoms. The lowest BCUT2D eigenvalue weighted by molar-refractivity contribution is -0.112. The molecule has 1 N–H and O–H groups in total. The monoisotopic (exact) mass is 313 g/mol. The van der Waals surface area contributed by atoms with Crippen molar-refractivity contribution >= 4 is 11.5 Å². The number of carbonyl (C=O) groups is 1. The van der Waals surface area contributed by atoms with E-state index in [1.807, 2.05) is 43.3 Å². The number of nitrogens with one attached hydrogen (secondary N) is 1. The molecule has 0 aliphatic carbocycles. The highest BCUT2D eigenvalue weighted by Gasteiger charge is 2.37. The van der Waals surface area contributed by atoms with E-state index in [1.54, 1.807) is 36.7 Å². The van der Waals surface area contributed by atoms with Crippen LogP contribution in [0, 0.1) is 0 Å². The van der Waals surface area contributed by atoms with Crippen molar-refractivity contribution in [2.45, 2.75) is 6.35 Å². The van der Waals surface area contributed by atoms with Crippen LogP contribution in [-0.2, 0) is 9.53 Å². The SMILES string of the molecule is COc1cccc(C2=C(C(=O)/C=C/N(C)C)N3C=COC3N2)c1. The second-order valence-corrected chi connectivity index (χ2v) is 5.42. The summed E-state index contributed by atoms with van der Waals surface area (Å²) in [7, 11) is 5.36. The molecule has 2 aliphatic rings. The van der Waals surface area contributed by atoms with Gasteiger partial charge >= 0.3 is 0 Å². The van der Waals surface area contributed by atoms with Crippen molar-refractivity contribution < 1.29 is 14.3 Å². The first-order valence-electron chi connectivity index (χ1n) is 7.25. The molecule has 0 amide bonds. The number of ketones is 1. The molecule has 1 atom stereocenters. The molecule has 6 heteroatoms. The molecule has 0 radical (unpaired) electrons. The Hall–Kier alpha value is -2.89. The minimum atomic E-state index is -0.386. The van der Waals surface area contributed by atoms with Crippen LogP contribution in [0.3, 0.4) is 0 Å². The zero-order valence-electron chi connectivity index (χ0n) is 13.3. The summed E-state index contributed by atoms with van der Waals surface area (Å²) in [5, 5.41) is 3.24. The number of ether oxygens (including phenoxy) is 2. The lowest BCUT2D eigenvalue weighted by Crippen LogP contribution is -2.32. The first-order valence-corrected chi connectivity index (χ1v) is 7.25.